The molecule has 0 spiro atoms. The van der Waals surface area contributed by atoms with Gasteiger partial charge in [0.05, 0.1) is 11.0 Å². The van der Waals surface area contributed by atoms with Crippen LogP contribution in [-0.4, -0.2) is 98.5 Å². The lowest BCUT2D eigenvalue weighted by Crippen LogP contribution is -2.61. The molecule has 3 aromatic rings. The van der Waals surface area contributed by atoms with Crippen LogP contribution in [0.25, 0.3) is 0 Å². The molecule has 0 radical (unpaired) electrons. The Morgan fingerprint density at radius 2 is 1.71 bits per heavy atom. The summed E-state index contributed by atoms with van der Waals surface area (Å²) < 4.78 is 34.0. The van der Waals surface area contributed by atoms with E-state index in [1.807, 2.05) is 0 Å². The minimum Gasteiger partial charge on any atom is -0.534 e. The van der Waals surface area contributed by atoms with Gasteiger partial charge in [0.1, 0.15) is 29.7 Å². The summed E-state index contributed by atoms with van der Waals surface area (Å²) in [4.78, 5) is 78.3. The number of carbonyl (C=O) groups excluding carboxylic acids is 5. The van der Waals surface area contributed by atoms with Crippen molar-refractivity contribution in [2.45, 2.75) is 24.9 Å². The highest BCUT2D eigenvalue weighted by atomic mass is 35.5. The number of halogens is 3. The molecule has 51 heavy (non-hydrogen) atoms. The van der Waals surface area contributed by atoms with Crippen LogP contribution in [0.2, 0.25) is 5.02 Å². The van der Waals surface area contributed by atoms with Gasteiger partial charge in [-0.05, 0) is 29.7 Å². The number of phenolic OH excluding ortho intramolecular Hbond substituents is 2. The van der Waals surface area contributed by atoms with E-state index in [1.54, 1.807) is 30.3 Å². The third kappa shape index (κ3) is 7.63. The number of hydrogen-bond acceptors (Lipinski definition) is 10. The van der Waals surface area contributed by atoms with Crippen molar-refractivity contribution >= 4 is 54.3 Å². The number of hydrogen-bond donors (Lipinski definition) is 7. The van der Waals surface area contributed by atoms with Gasteiger partial charge in [0.25, 0.3) is 0 Å². The van der Waals surface area contributed by atoms with Gasteiger partial charge in [-0.1, -0.05) is 48.0 Å². The molecule has 16 nitrogen and oxygen atoms in total. The van der Waals surface area contributed by atoms with E-state index < -0.39 is 113 Å². The van der Waals surface area contributed by atoms with Gasteiger partial charge in [0.15, 0.2) is 17.3 Å². The van der Waals surface area contributed by atoms with Gasteiger partial charge < -0.3 is 45.8 Å². The summed E-state index contributed by atoms with van der Waals surface area (Å²) in [6.45, 7) is -1.09. The number of benzene rings is 3. The molecule has 20 heteroatoms. The Morgan fingerprint density at radius 1 is 1.00 bits per heavy atom. The Balaban J connectivity index is 1.33. The molecule has 2 heterocycles. The lowest BCUT2D eigenvalue weighted by molar-refractivity contribution is -0.154. The zero-order valence-electron chi connectivity index (χ0n) is 26.1. The molecular weight excluding hydrogens is 703 g/mol. The van der Waals surface area contributed by atoms with Crippen molar-refractivity contribution in [3.8, 4) is 17.2 Å². The van der Waals surface area contributed by atoms with Gasteiger partial charge in [-0.25, -0.2) is 18.4 Å². The van der Waals surface area contributed by atoms with Crippen LogP contribution in [0.15, 0.2) is 48.5 Å². The molecule has 0 bridgehead atoms. The highest BCUT2D eigenvalue weighted by Gasteiger charge is 2.42. The molecule has 0 aromatic heterocycles. The highest BCUT2D eigenvalue weighted by Crippen LogP contribution is 2.40. The largest absolute Gasteiger partial charge is 0.547 e. The van der Waals surface area contributed by atoms with Crippen LogP contribution in [0, 0.1) is 11.6 Å². The minimum absolute atomic E-state index is 0.0621. The summed E-state index contributed by atoms with van der Waals surface area (Å²) in [6, 6.07) is 7.92. The molecule has 266 valence electrons. The molecule has 2 aliphatic heterocycles. The van der Waals surface area contributed by atoms with Crippen LogP contribution < -0.4 is 20.6 Å². The van der Waals surface area contributed by atoms with Gasteiger partial charge >= 0.3 is 30.9 Å². The van der Waals surface area contributed by atoms with E-state index in [2.05, 4.69) is 16.0 Å². The summed E-state index contributed by atoms with van der Waals surface area (Å²) in [7, 11) is -1.98. The van der Waals surface area contributed by atoms with Crippen LogP contribution >= 0.6 is 11.6 Å². The molecule has 1 fully saturated rings. The summed E-state index contributed by atoms with van der Waals surface area (Å²) >= 11 is 6.11. The molecule has 0 aliphatic carbocycles. The van der Waals surface area contributed by atoms with Crippen molar-refractivity contribution in [2.75, 3.05) is 19.6 Å². The van der Waals surface area contributed by atoms with Crippen LogP contribution in [0.4, 0.5) is 13.6 Å². The van der Waals surface area contributed by atoms with Crippen molar-refractivity contribution in [1.82, 2.24) is 25.8 Å². The lowest BCUT2D eigenvalue weighted by atomic mass is 9.72. The van der Waals surface area contributed by atoms with Crippen LogP contribution in [0.1, 0.15) is 33.1 Å². The average Bonchev–Trinajstić information content (AvgIpc) is 3.09. The summed E-state index contributed by atoms with van der Waals surface area (Å²) in [5, 5.41) is 46.2. The number of amides is 6. The third-order valence-corrected chi connectivity index (χ3v) is 8.41. The molecular formula is C31H27BClF2N5O11. The molecule has 1 saturated heterocycles. The SMILES string of the molecule is O=C(CN1CCN(C(=O)NC(C(=O)N[C@H]2Cc3ccc(F)c(C(=O)O)c3OB2O)c2cc(F)c(O)c(O)c2Cl)C(=O)C1=O)NCc1ccccc1. The number of nitrogens with one attached hydrogen (secondary N) is 3. The number of aromatic hydroxyl groups is 2. The second-order valence-corrected chi connectivity index (χ2v) is 11.7. The standard InChI is InChI=1S/C31H27BClF2N5O11/c33-22-16(11-18(35)24(42)25(22)43)23(27(44)37-19-10-15-6-7-17(34)21(30(47)48)26(15)51-32(19)50)38-31(49)40-9-8-39(28(45)29(40)46)13-20(41)36-12-14-4-2-1-3-5-14/h1-7,11,19,23,42-43,50H,8-10,12-13H2,(H,36,41)(H,37,44)(H,38,49)(H,47,48)/t19-,23?/m0/s1. The Kier molecular flexibility index (Phi) is 10.6. The lowest BCUT2D eigenvalue weighted by Gasteiger charge is -2.33. The fraction of sp³-hybridized carbons (Fsp3) is 0.226. The number of fused-ring (bicyclic) bond motifs is 1. The second kappa shape index (κ2) is 14.9. The molecule has 3 aromatic carbocycles. The van der Waals surface area contributed by atoms with Crippen LogP contribution in [0.5, 0.6) is 17.2 Å². The van der Waals surface area contributed by atoms with Crippen LogP contribution in [-0.2, 0) is 32.1 Å². The predicted octanol–water partition coefficient (Wildman–Crippen LogP) is 0.605. The third-order valence-electron chi connectivity index (χ3n) is 8.01. The maximum absolute atomic E-state index is 14.6. The van der Waals surface area contributed by atoms with Gasteiger partial charge in [-0.3, -0.25) is 24.1 Å². The number of urea groups is 1. The first-order valence-corrected chi connectivity index (χ1v) is 15.4. The Hall–Kier alpha value is -5.95. The van der Waals surface area contributed by atoms with Crippen molar-refractivity contribution in [3.05, 3.63) is 87.4 Å². The number of carbonyl (C=O) groups is 6. The van der Waals surface area contributed by atoms with Gasteiger partial charge in [0.2, 0.25) is 11.8 Å². The average molecular weight is 730 g/mol. The van der Waals surface area contributed by atoms with Crippen molar-refractivity contribution in [2.24, 2.45) is 0 Å². The minimum atomic E-state index is -2.08. The van der Waals surface area contributed by atoms with Gasteiger partial charge in [-0.2, -0.15) is 0 Å². The smallest absolute Gasteiger partial charge is 0.534 e. The van der Waals surface area contributed by atoms with Crippen molar-refractivity contribution in [3.63, 3.8) is 0 Å². The summed E-state index contributed by atoms with van der Waals surface area (Å²) in [5.41, 5.74) is -0.652. The van der Waals surface area contributed by atoms with E-state index in [4.69, 9.17) is 16.3 Å². The number of aromatic carboxylic acids is 1. The zero-order chi connectivity index (χ0) is 37.1. The number of imide groups is 1. The first kappa shape index (κ1) is 36.3. The van der Waals surface area contributed by atoms with E-state index in [9.17, 15) is 57.9 Å². The van der Waals surface area contributed by atoms with Gasteiger partial charge in [0, 0.05) is 25.2 Å². The number of nitrogens with zero attached hydrogens (tertiary/aromatic N) is 2. The Bertz CT molecular complexity index is 1940. The fourth-order valence-electron chi connectivity index (χ4n) is 5.39. The number of phenols is 2. The first-order chi connectivity index (χ1) is 24.2. The van der Waals surface area contributed by atoms with E-state index >= 15 is 0 Å². The Labute approximate surface area is 291 Å². The van der Waals surface area contributed by atoms with E-state index in [0.29, 0.717) is 11.0 Å². The summed E-state index contributed by atoms with van der Waals surface area (Å²) in [5.74, 6) is -13.1. The molecule has 2 aliphatic rings. The maximum atomic E-state index is 14.6. The first-order valence-electron chi connectivity index (χ1n) is 15.0. The molecule has 7 N–H and O–H groups in total. The maximum Gasteiger partial charge on any atom is 0.547 e. The quantitative estimate of drug-likeness (QED) is 0.0916. The molecule has 0 saturated carbocycles. The Morgan fingerprint density at radius 3 is 2.39 bits per heavy atom. The highest BCUT2D eigenvalue weighted by molar-refractivity contribution is 6.47. The number of carboxylic acids is 1. The molecule has 5 rings (SSSR count). The monoisotopic (exact) mass is 729 g/mol. The van der Waals surface area contributed by atoms with Crippen molar-refractivity contribution < 1.29 is 62.5 Å². The topological polar surface area (TPSA) is 235 Å². The molecule has 2 atom stereocenters. The number of piperazine rings is 1. The van der Waals surface area contributed by atoms with E-state index in [0.717, 1.165) is 22.6 Å². The van der Waals surface area contributed by atoms with Gasteiger partial charge in [-0.15, -0.1) is 0 Å². The van der Waals surface area contributed by atoms with Crippen LogP contribution in [0.3, 0.4) is 0 Å². The number of rotatable bonds is 9. The summed E-state index contributed by atoms with van der Waals surface area (Å²) in [6.07, 6.45) is -0.333. The molecule has 1 unspecified atom stereocenters. The normalized spacial score (nSPS) is 16.2. The van der Waals surface area contributed by atoms with E-state index in [1.165, 1.54) is 0 Å². The van der Waals surface area contributed by atoms with E-state index in [-0.39, 0.29) is 25.1 Å². The second-order valence-electron chi connectivity index (χ2n) is 11.3. The molecule has 6 amide bonds. The van der Waals surface area contributed by atoms with Crippen molar-refractivity contribution in [1.29, 1.82) is 0 Å². The number of carboxylic acid groups (broad SMARTS) is 1. The zero-order valence-corrected chi connectivity index (χ0v) is 26.8. The predicted molar refractivity (Wildman–Crippen MR) is 170 cm³/mol. The fourth-order valence-corrected chi connectivity index (χ4v) is 5.64.